The SMILES string of the molecule is CCC(N)c1ccc(C(O)C2(CC)CCCCC2)cc1. The van der Waals surface area contributed by atoms with Gasteiger partial charge in [-0.1, -0.05) is 57.4 Å². The Hall–Kier alpha value is -0.860. The van der Waals surface area contributed by atoms with Gasteiger partial charge in [0.25, 0.3) is 0 Å². The normalized spacial score (nSPS) is 21.4. The first kappa shape index (κ1) is 15.5. The molecule has 1 aromatic carbocycles. The lowest BCUT2D eigenvalue weighted by Crippen LogP contribution is -2.30. The summed E-state index contributed by atoms with van der Waals surface area (Å²) in [6.07, 6.45) is 7.80. The molecule has 1 aliphatic rings. The molecule has 0 saturated heterocycles. The summed E-state index contributed by atoms with van der Waals surface area (Å²) in [5.41, 5.74) is 8.36. The molecule has 0 heterocycles. The molecular formula is C18H29NO. The molecule has 1 aliphatic carbocycles. The molecule has 0 amide bonds. The van der Waals surface area contributed by atoms with Crippen molar-refractivity contribution in [3.8, 4) is 0 Å². The van der Waals surface area contributed by atoms with Gasteiger partial charge in [0.1, 0.15) is 0 Å². The number of hydrogen-bond donors (Lipinski definition) is 2. The Kier molecular flexibility index (Phi) is 5.22. The van der Waals surface area contributed by atoms with E-state index in [2.05, 4.69) is 38.1 Å². The summed E-state index contributed by atoms with van der Waals surface area (Å²) in [5, 5.41) is 10.9. The minimum atomic E-state index is -0.334. The molecule has 20 heavy (non-hydrogen) atoms. The molecule has 0 radical (unpaired) electrons. The second-order valence-corrected chi connectivity index (χ2v) is 6.36. The molecule has 2 unspecified atom stereocenters. The van der Waals surface area contributed by atoms with Crippen LogP contribution in [0.25, 0.3) is 0 Å². The van der Waals surface area contributed by atoms with Crippen LogP contribution in [0.3, 0.4) is 0 Å². The maximum Gasteiger partial charge on any atom is 0.0846 e. The lowest BCUT2D eigenvalue weighted by molar-refractivity contribution is -0.00911. The summed E-state index contributed by atoms with van der Waals surface area (Å²) in [6, 6.07) is 8.41. The van der Waals surface area contributed by atoms with Gasteiger partial charge in [0.05, 0.1) is 6.10 Å². The topological polar surface area (TPSA) is 46.2 Å². The fourth-order valence-corrected chi connectivity index (χ4v) is 3.59. The molecule has 2 atom stereocenters. The van der Waals surface area contributed by atoms with Crippen LogP contribution >= 0.6 is 0 Å². The van der Waals surface area contributed by atoms with Crippen molar-refractivity contribution in [2.45, 2.75) is 70.9 Å². The van der Waals surface area contributed by atoms with Crippen LogP contribution in [0.2, 0.25) is 0 Å². The van der Waals surface area contributed by atoms with Crippen LogP contribution in [0.1, 0.15) is 82.1 Å². The molecule has 3 N–H and O–H groups in total. The van der Waals surface area contributed by atoms with Gasteiger partial charge in [-0.25, -0.2) is 0 Å². The minimum absolute atomic E-state index is 0.0899. The monoisotopic (exact) mass is 275 g/mol. The number of aliphatic hydroxyl groups excluding tert-OH is 1. The van der Waals surface area contributed by atoms with Gasteiger partial charge in [0.2, 0.25) is 0 Å². The molecule has 1 aromatic rings. The van der Waals surface area contributed by atoms with E-state index in [-0.39, 0.29) is 17.6 Å². The third kappa shape index (κ3) is 3.07. The summed E-state index contributed by atoms with van der Waals surface area (Å²) in [5.74, 6) is 0. The van der Waals surface area contributed by atoms with E-state index in [1.807, 2.05) is 0 Å². The number of benzene rings is 1. The highest BCUT2D eigenvalue weighted by molar-refractivity contribution is 5.27. The van der Waals surface area contributed by atoms with Crippen LogP contribution < -0.4 is 5.73 Å². The van der Waals surface area contributed by atoms with Crippen LogP contribution in [-0.4, -0.2) is 5.11 Å². The predicted molar refractivity (Wildman–Crippen MR) is 84.4 cm³/mol. The van der Waals surface area contributed by atoms with Crippen molar-refractivity contribution >= 4 is 0 Å². The fraction of sp³-hybridized carbons (Fsp3) is 0.667. The predicted octanol–water partition coefficient (Wildman–Crippen LogP) is 4.49. The first-order chi connectivity index (χ1) is 9.63. The molecule has 2 nitrogen and oxygen atoms in total. The molecular weight excluding hydrogens is 246 g/mol. The lowest BCUT2D eigenvalue weighted by Gasteiger charge is -2.41. The number of aliphatic hydroxyl groups is 1. The van der Waals surface area contributed by atoms with Gasteiger partial charge in [-0.2, -0.15) is 0 Å². The highest BCUT2D eigenvalue weighted by atomic mass is 16.3. The first-order valence-corrected chi connectivity index (χ1v) is 8.16. The maximum absolute atomic E-state index is 10.9. The molecule has 2 heteroatoms. The van der Waals surface area contributed by atoms with Crippen LogP contribution in [-0.2, 0) is 0 Å². The second kappa shape index (κ2) is 6.73. The fourth-order valence-electron chi connectivity index (χ4n) is 3.59. The van der Waals surface area contributed by atoms with E-state index in [0.29, 0.717) is 0 Å². The van der Waals surface area contributed by atoms with Crippen molar-refractivity contribution in [2.24, 2.45) is 11.1 Å². The minimum Gasteiger partial charge on any atom is -0.388 e. The Morgan fingerprint density at radius 3 is 2.10 bits per heavy atom. The zero-order chi connectivity index (χ0) is 14.6. The molecule has 0 aliphatic heterocycles. The number of nitrogens with two attached hydrogens (primary N) is 1. The highest BCUT2D eigenvalue weighted by Gasteiger charge is 2.38. The maximum atomic E-state index is 10.9. The smallest absolute Gasteiger partial charge is 0.0846 e. The zero-order valence-electron chi connectivity index (χ0n) is 12.9. The zero-order valence-corrected chi connectivity index (χ0v) is 12.9. The van der Waals surface area contributed by atoms with E-state index in [1.165, 1.54) is 19.3 Å². The van der Waals surface area contributed by atoms with Gasteiger partial charge in [0.15, 0.2) is 0 Å². The van der Waals surface area contributed by atoms with Crippen molar-refractivity contribution in [3.05, 3.63) is 35.4 Å². The molecule has 112 valence electrons. The average molecular weight is 275 g/mol. The molecule has 0 bridgehead atoms. The Balaban J connectivity index is 2.17. The van der Waals surface area contributed by atoms with Crippen LogP contribution in [0.5, 0.6) is 0 Å². The van der Waals surface area contributed by atoms with Gasteiger partial charge in [0, 0.05) is 11.5 Å². The van der Waals surface area contributed by atoms with Crippen LogP contribution in [0.15, 0.2) is 24.3 Å². The van der Waals surface area contributed by atoms with E-state index in [4.69, 9.17) is 5.73 Å². The standard InChI is InChI=1S/C18H29NO/c1-3-16(19)14-8-10-15(11-9-14)17(20)18(4-2)12-6-5-7-13-18/h8-11,16-17,20H,3-7,12-13,19H2,1-2H3. The van der Waals surface area contributed by atoms with Gasteiger partial charge in [-0.15, -0.1) is 0 Å². The third-order valence-corrected chi connectivity index (χ3v) is 5.25. The molecule has 2 rings (SSSR count). The quantitative estimate of drug-likeness (QED) is 0.831. The Morgan fingerprint density at radius 1 is 1.05 bits per heavy atom. The second-order valence-electron chi connectivity index (χ2n) is 6.36. The average Bonchev–Trinajstić information content (AvgIpc) is 2.54. The molecule has 1 saturated carbocycles. The Labute approximate surface area is 123 Å². The Bertz CT molecular complexity index is 406. The van der Waals surface area contributed by atoms with Crippen LogP contribution in [0.4, 0.5) is 0 Å². The van der Waals surface area contributed by atoms with Gasteiger partial charge >= 0.3 is 0 Å². The summed E-state index contributed by atoms with van der Waals surface area (Å²) < 4.78 is 0. The van der Waals surface area contributed by atoms with E-state index in [0.717, 1.165) is 36.8 Å². The number of hydrogen-bond acceptors (Lipinski definition) is 2. The Morgan fingerprint density at radius 2 is 1.60 bits per heavy atom. The highest BCUT2D eigenvalue weighted by Crippen LogP contribution is 2.48. The summed E-state index contributed by atoms with van der Waals surface area (Å²) in [7, 11) is 0. The lowest BCUT2D eigenvalue weighted by atomic mass is 9.67. The third-order valence-electron chi connectivity index (χ3n) is 5.25. The largest absolute Gasteiger partial charge is 0.388 e. The molecule has 1 fully saturated rings. The van der Waals surface area contributed by atoms with Crippen molar-refractivity contribution in [1.82, 2.24) is 0 Å². The van der Waals surface area contributed by atoms with Crippen molar-refractivity contribution < 1.29 is 5.11 Å². The van der Waals surface area contributed by atoms with E-state index in [1.54, 1.807) is 0 Å². The van der Waals surface area contributed by atoms with E-state index < -0.39 is 0 Å². The number of rotatable bonds is 5. The van der Waals surface area contributed by atoms with E-state index >= 15 is 0 Å². The van der Waals surface area contributed by atoms with Gasteiger partial charge < -0.3 is 10.8 Å². The van der Waals surface area contributed by atoms with Gasteiger partial charge in [-0.3, -0.25) is 0 Å². The van der Waals surface area contributed by atoms with Gasteiger partial charge in [-0.05, 0) is 36.8 Å². The van der Waals surface area contributed by atoms with E-state index in [9.17, 15) is 5.11 Å². The summed E-state index contributed by atoms with van der Waals surface area (Å²) in [6.45, 7) is 4.32. The van der Waals surface area contributed by atoms with Crippen molar-refractivity contribution in [2.75, 3.05) is 0 Å². The molecule has 0 spiro atoms. The summed E-state index contributed by atoms with van der Waals surface area (Å²) >= 11 is 0. The summed E-state index contributed by atoms with van der Waals surface area (Å²) in [4.78, 5) is 0. The van der Waals surface area contributed by atoms with Crippen molar-refractivity contribution in [1.29, 1.82) is 0 Å². The first-order valence-electron chi connectivity index (χ1n) is 8.16. The van der Waals surface area contributed by atoms with Crippen molar-refractivity contribution in [3.63, 3.8) is 0 Å². The van der Waals surface area contributed by atoms with Crippen LogP contribution in [0, 0.1) is 5.41 Å². The molecule has 0 aromatic heterocycles.